The molecule has 0 bridgehead atoms. The van der Waals surface area contributed by atoms with Gasteiger partial charge in [0, 0.05) is 24.8 Å². The van der Waals surface area contributed by atoms with Gasteiger partial charge in [-0.25, -0.2) is 0 Å². The molecule has 0 fully saturated rings. The van der Waals surface area contributed by atoms with Crippen molar-refractivity contribution >= 4 is 23.4 Å². The second-order valence-corrected chi connectivity index (χ2v) is 7.94. The fraction of sp³-hybridized carbons (Fsp3) is 0.286. The van der Waals surface area contributed by atoms with Crippen LogP contribution in [0, 0.1) is 0 Å². The molecule has 0 aliphatic carbocycles. The Morgan fingerprint density at radius 3 is 2.93 bits per heavy atom. The number of hydrogen-bond acceptors (Lipinski definition) is 6. The number of amides is 1. The van der Waals surface area contributed by atoms with E-state index in [4.69, 9.17) is 9.47 Å². The first kappa shape index (κ1) is 18.1. The number of nitrogens with zero attached hydrogens (tertiary/aromatic N) is 4. The standard InChI is InChI=1S/C21H20N4O3S/c1-24-20(15-8-9-17-18(11-15)28-13-27-17)22-23-21(24)29-12-19(26)25-10-4-6-14-5-2-3-7-16(14)25/h2-3,5,7-9,11H,4,6,10,12-13H2,1H3. The van der Waals surface area contributed by atoms with E-state index < -0.39 is 0 Å². The average Bonchev–Trinajstić information content (AvgIpc) is 3.37. The largest absolute Gasteiger partial charge is 0.454 e. The number of aryl methyl sites for hydroxylation is 1. The van der Waals surface area contributed by atoms with Gasteiger partial charge >= 0.3 is 0 Å². The van der Waals surface area contributed by atoms with Gasteiger partial charge in [0.2, 0.25) is 12.7 Å². The smallest absolute Gasteiger partial charge is 0.237 e. The van der Waals surface area contributed by atoms with Crippen molar-refractivity contribution in [3.63, 3.8) is 0 Å². The molecule has 0 spiro atoms. The van der Waals surface area contributed by atoms with Crippen LogP contribution >= 0.6 is 11.8 Å². The Morgan fingerprint density at radius 2 is 2.00 bits per heavy atom. The fourth-order valence-corrected chi connectivity index (χ4v) is 4.51. The van der Waals surface area contributed by atoms with E-state index in [1.807, 2.05) is 52.9 Å². The van der Waals surface area contributed by atoms with Gasteiger partial charge in [0.15, 0.2) is 22.5 Å². The molecule has 2 aliphatic heterocycles. The summed E-state index contributed by atoms with van der Waals surface area (Å²) in [5.74, 6) is 2.58. The summed E-state index contributed by atoms with van der Waals surface area (Å²) in [5.41, 5.74) is 3.16. The molecule has 148 valence electrons. The highest BCUT2D eigenvalue weighted by atomic mass is 32.2. The Hall–Kier alpha value is -3.00. The first-order valence-electron chi connectivity index (χ1n) is 9.51. The number of carbonyl (C=O) groups is 1. The molecule has 7 nitrogen and oxygen atoms in total. The molecule has 0 atom stereocenters. The van der Waals surface area contributed by atoms with E-state index in [1.54, 1.807) is 0 Å². The lowest BCUT2D eigenvalue weighted by Gasteiger charge is -2.29. The molecule has 0 saturated carbocycles. The maximum absolute atomic E-state index is 12.9. The van der Waals surface area contributed by atoms with E-state index in [-0.39, 0.29) is 12.7 Å². The lowest BCUT2D eigenvalue weighted by molar-refractivity contribution is -0.116. The van der Waals surface area contributed by atoms with Crippen molar-refractivity contribution in [3.05, 3.63) is 48.0 Å². The Bertz CT molecular complexity index is 1080. The van der Waals surface area contributed by atoms with Crippen LogP contribution in [0.25, 0.3) is 11.4 Å². The van der Waals surface area contributed by atoms with Crippen LogP contribution in [0.15, 0.2) is 47.6 Å². The second-order valence-electron chi connectivity index (χ2n) is 7.00. The van der Waals surface area contributed by atoms with Gasteiger partial charge in [0.05, 0.1) is 5.75 Å². The van der Waals surface area contributed by atoms with Gasteiger partial charge in [0.1, 0.15) is 0 Å². The minimum Gasteiger partial charge on any atom is -0.454 e. The van der Waals surface area contributed by atoms with Crippen LogP contribution in [0.2, 0.25) is 0 Å². The second kappa shape index (κ2) is 7.44. The molecule has 0 radical (unpaired) electrons. The van der Waals surface area contributed by atoms with Crippen molar-refractivity contribution in [2.75, 3.05) is 24.0 Å². The number of ether oxygens (including phenoxy) is 2. The van der Waals surface area contributed by atoms with E-state index in [0.717, 1.165) is 42.2 Å². The van der Waals surface area contributed by atoms with Crippen molar-refractivity contribution in [2.24, 2.45) is 7.05 Å². The summed E-state index contributed by atoms with van der Waals surface area (Å²) in [5, 5.41) is 9.29. The lowest BCUT2D eigenvalue weighted by Crippen LogP contribution is -2.36. The topological polar surface area (TPSA) is 69.5 Å². The van der Waals surface area contributed by atoms with Crippen molar-refractivity contribution in [3.8, 4) is 22.9 Å². The van der Waals surface area contributed by atoms with Crippen LogP contribution in [-0.4, -0.2) is 39.8 Å². The number of anilines is 1. The van der Waals surface area contributed by atoms with Crippen molar-refractivity contribution in [1.82, 2.24) is 14.8 Å². The summed E-state index contributed by atoms with van der Waals surface area (Å²) in [6.07, 6.45) is 2.01. The maximum Gasteiger partial charge on any atom is 0.237 e. The van der Waals surface area contributed by atoms with Gasteiger partial charge in [-0.3, -0.25) is 4.79 Å². The number of para-hydroxylation sites is 1. The van der Waals surface area contributed by atoms with E-state index in [0.29, 0.717) is 16.7 Å². The van der Waals surface area contributed by atoms with Crippen LogP contribution in [0.3, 0.4) is 0 Å². The Morgan fingerprint density at radius 1 is 1.14 bits per heavy atom. The van der Waals surface area contributed by atoms with Crippen molar-refractivity contribution < 1.29 is 14.3 Å². The molecule has 8 heteroatoms. The molecule has 0 unspecified atom stereocenters. The van der Waals surface area contributed by atoms with Crippen LogP contribution in [0.1, 0.15) is 12.0 Å². The van der Waals surface area contributed by atoms with Crippen molar-refractivity contribution in [1.29, 1.82) is 0 Å². The van der Waals surface area contributed by atoms with Crippen molar-refractivity contribution in [2.45, 2.75) is 18.0 Å². The number of thioether (sulfide) groups is 1. The molecule has 1 amide bonds. The molecule has 0 saturated heterocycles. The molecule has 2 aromatic carbocycles. The summed E-state index contributed by atoms with van der Waals surface area (Å²) >= 11 is 1.41. The minimum atomic E-state index is 0.0924. The lowest BCUT2D eigenvalue weighted by atomic mass is 10.0. The molecular formula is C21H20N4O3S. The summed E-state index contributed by atoms with van der Waals surface area (Å²) < 4.78 is 12.7. The molecule has 2 aliphatic rings. The van der Waals surface area contributed by atoms with Gasteiger partial charge < -0.3 is 18.9 Å². The predicted molar refractivity (Wildman–Crippen MR) is 110 cm³/mol. The predicted octanol–water partition coefficient (Wildman–Crippen LogP) is 3.28. The van der Waals surface area contributed by atoms with Crippen LogP contribution in [-0.2, 0) is 18.3 Å². The number of benzene rings is 2. The number of fused-ring (bicyclic) bond motifs is 2. The normalized spacial score (nSPS) is 14.7. The number of aromatic nitrogens is 3. The van der Waals surface area contributed by atoms with E-state index >= 15 is 0 Å². The monoisotopic (exact) mass is 408 g/mol. The maximum atomic E-state index is 12.9. The number of carbonyl (C=O) groups excluding carboxylic acids is 1. The number of hydrogen-bond donors (Lipinski definition) is 0. The average molecular weight is 408 g/mol. The molecule has 3 aromatic rings. The van der Waals surface area contributed by atoms with Crippen LogP contribution < -0.4 is 14.4 Å². The Kier molecular flexibility index (Phi) is 4.63. The third-order valence-electron chi connectivity index (χ3n) is 5.20. The number of rotatable bonds is 4. The highest BCUT2D eigenvalue weighted by Gasteiger charge is 2.23. The van der Waals surface area contributed by atoms with Gasteiger partial charge in [-0.05, 0) is 42.7 Å². The summed E-state index contributed by atoms with van der Waals surface area (Å²) in [4.78, 5) is 14.8. The first-order valence-corrected chi connectivity index (χ1v) is 10.5. The Labute approximate surface area is 172 Å². The summed E-state index contributed by atoms with van der Waals surface area (Å²) in [7, 11) is 1.91. The molecular weight excluding hydrogens is 388 g/mol. The SMILES string of the molecule is Cn1c(SCC(=O)N2CCCc3ccccc32)nnc1-c1ccc2c(c1)OCO2. The minimum absolute atomic E-state index is 0.0924. The summed E-state index contributed by atoms with van der Waals surface area (Å²) in [6.45, 7) is 0.998. The van der Waals surface area contributed by atoms with Gasteiger partial charge in [-0.1, -0.05) is 30.0 Å². The first-order chi connectivity index (χ1) is 14.2. The van der Waals surface area contributed by atoms with Gasteiger partial charge in [0.25, 0.3) is 0 Å². The zero-order valence-electron chi connectivity index (χ0n) is 16.0. The molecule has 29 heavy (non-hydrogen) atoms. The zero-order valence-corrected chi connectivity index (χ0v) is 16.8. The highest BCUT2D eigenvalue weighted by molar-refractivity contribution is 7.99. The highest BCUT2D eigenvalue weighted by Crippen LogP contribution is 2.36. The molecule has 3 heterocycles. The quantitative estimate of drug-likeness (QED) is 0.617. The molecule has 0 N–H and O–H groups in total. The summed E-state index contributed by atoms with van der Waals surface area (Å²) in [6, 6.07) is 13.8. The van der Waals surface area contributed by atoms with Crippen LogP contribution in [0.5, 0.6) is 11.5 Å². The van der Waals surface area contributed by atoms with E-state index in [1.165, 1.54) is 17.3 Å². The van der Waals surface area contributed by atoms with Crippen LogP contribution in [0.4, 0.5) is 5.69 Å². The van der Waals surface area contributed by atoms with E-state index in [9.17, 15) is 4.79 Å². The fourth-order valence-electron chi connectivity index (χ4n) is 3.72. The van der Waals surface area contributed by atoms with E-state index in [2.05, 4.69) is 16.3 Å². The Balaban J connectivity index is 1.31. The molecule has 1 aromatic heterocycles. The van der Waals surface area contributed by atoms with Gasteiger partial charge in [-0.2, -0.15) is 0 Å². The zero-order chi connectivity index (χ0) is 19.8. The third kappa shape index (κ3) is 3.33. The molecule has 5 rings (SSSR count). The van der Waals surface area contributed by atoms with Gasteiger partial charge in [-0.15, -0.1) is 10.2 Å². The third-order valence-corrected chi connectivity index (χ3v) is 6.21.